The number of methoxy groups -OCH3 is 2. The van der Waals surface area contributed by atoms with Crippen molar-refractivity contribution in [3.8, 4) is 0 Å². The summed E-state index contributed by atoms with van der Waals surface area (Å²) in [7, 11) is 3.23. The normalized spacial score (nSPS) is 10.6. The van der Waals surface area contributed by atoms with Gasteiger partial charge in [0.1, 0.15) is 0 Å². The van der Waals surface area contributed by atoms with Crippen LogP contribution in [0.25, 0.3) is 0 Å². The number of nitrogens with one attached hydrogen (secondary N) is 1. The van der Waals surface area contributed by atoms with E-state index in [1.54, 1.807) is 14.2 Å². The molecule has 0 aliphatic carbocycles. The van der Waals surface area contributed by atoms with Gasteiger partial charge in [-0.1, -0.05) is 18.2 Å². The van der Waals surface area contributed by atoms with E-state index in [4.69, 9.17) is 9.47 Å². The molecule has 0 bridgehead atoms. The van der Waals surface area contributed by atoms with E-state index in [9.17, 15) is 0 Å². The average molecular weight is 194 g/mol. The summed E-state index contributed by atoms with van der Waals surface area (Å²) in [4.78, 5) is 0. The van der Waals surface area contributed by atoms with Crippen molar-refractivity contribution < 1.29 is 9.47 Å². The predicted molar refractivity (Wildman–Crippen MR) is 57.2 cm³/mol. The van der Waals surface area contributed by atoms with Gasteiger partial charge < -0.3 is 14.8 Å². The van der Waals surface area contributed by atoms with Crippen LogP contribution in [0.2, 0.25) is 0 Å². The largest absolute Gasteiger partial charge is 0.380 e. The molecule has 1 aromatic rings. The van der Waals surface area contributed by atoms with Crippen molar-refractivity contribution in [2.24, 2.45) is 0 Å². The average Bonchev–Trinajstić information content (AvgIpc) is 2.22. The van der Waals surface area contributed by atoms with Gasteiger partial charge in [0.2, 0.25) is 0 Å². The van der Waals surface area contributed by atoms with E-state index in [0.717, 1.165) is 11.3 Å². The van der Waals surface area contributed by atoms with Crippen molar-refractivity contribution in [2.45, 2.75) is 6.29 Å². The maximum Gasteiger partial charge on any atom is 0.173 e. The fraction of sp³-hybridized carbons (Fsp3) is 0.364. The number of anilines is 1. The van der Waals surface area contributed by atoms with Crippen molar-refractivity contribution in [2.75, 3.05) is 26.1 Å². The van der Waals surface area contributed by atoms with E-state index in [1.807, 2.05) is 24.3 Å². The standard InChI is InChI=1S/C11H16NO2/c1-9-6-4-5-7-10(9)12-8-11(13-2)14-3/h4-7,11-12H,1,8H2,2-3H3. The maximum absolute atomic E-state index is 5.06. The highest BCUT2D eigenvalue weighted by Gasteiger charge is 2.04. The van der Waals surface area contributed by atoms with Crippen LogP contribution in [0.1, 0.15) is 5.56 Å². The van der Waals surface area contributed by atoms with Crippen LogP contribution < -0.4 is 5.32 Å². The summed E-state index contributed by atoms with van der Waals surface area (Å²) < 4.78 is 10.1. The summed E-state index contributed by atoms with van der Waals surface area (Å²) in [5, 5.41) is 3.20. The van der Waals surface area contributed by atoms with E-state index in [-0.39, 0.29) is 6.29 Å². The predicted octanol–water partition coefficient (Wildman–Crippen LogP) is 1.90. The summed E-state index contributed by atoms with van der Waals surface area (Å²) in [6.45, 7) is 4.52. The Balaban J connectivity index is 2.49. The lowest BCUT2D eigenvalue weighted by atomic mass is 10.2. The third-order valence-electron chi connectivity index (χ3n) is 2.00. The fourth-order valence-electron chi connectivity index (χ4n) is 1.15. The number of rotatable bonds is 5. The fourth-order valence-corrected chi connectivity index (χ4v) is 1.15. The summed E-state index contributed by atoms with van der Waals surface area (Å²) in [6, 6.07) is 7.85. The van der Waals surface area contributed by atoms with Crippen molar-refractivity contribution in [3.63, 3.8) is 0 Å². The van der Waals surface area contributed by atoms with Crippen LogP contribution in [-0.4, -0.2) is 27.1 Å². The van der Waals surface area contributed by atoms with Crippen LogP contribution >= 0.6 is 0 Å². The van der Waals surface area contributed by atoms with Crippen LogP contribution in [0.15, 0.2) is 24.3 Å². The number of hydrogen-bond acceptors (Lipinski definition) is 3. The quantitative estimate of drug-likeness (QED) is 0.726. The molecule has 1 N–H and O–H groups in total. The second-order valence-electron chi connectivity index (χ2n) is 2.94. The molecule has 77 valence electrons. The minimum absolute atomic E-state index is 0.227. The SMILES string of the molecule is [CH2]c1ccccc1NCC(OC)OC. The Labute approximate surface area is 85.0 Å². The lowest BCUT2D eigenvalue weighted by Crippen LogP contribution is -2.23. The first-order valence-electron chi connectivity index (χ1n) is 4.48. The molecule has 0 atom stereocenters. The number of benzene rings is 1. The molecule has 0 spiro atoms. The third-order valence-corrected chi connectivity index (χ3v) is 2.00. The van der Waals surface area contributed by atoms with Crippen LogP contribution in [0, 0.1) is 6.92 Å². The molecule has 0 fully saturated rings. The Morgan fingerprint density at radius 3 is 2.50 bits per heavy atom. The Kier molecular flexibility index (Phi) is 4.43. The van der Waals surface area contributed by atoms with Gasteiger partial charge in [-0.2, -0.15) is 0 Å². The third kappa shape index (κ3) is 3.01. The Bertz CT molecular complexity index is 272. The minimum atomic E-state index is -0.227. The lowest BCUT2D eigenvalue weighted by Gasteiger charge is -2.15. The Morgan fingerprint density at radius 2 is 1.93 bits per heavy atom. The van der Waals surface area contributed by atoms with E-state index >= 15 is 0 Å². The smallest absolute Gasteiger partial charge is 0.173 e. The molecule has 0 heterocycles. The Hall–Kier alpha value is -1.06. The molecule has 3 heteroatoms. The van der Waals surface area contributed by atoms with Gasteiger partial charge in [-0.3, -0.25) is 0 Å². The van der Waals surface area contributed by atoms with Crippen LogP contribution in [0.3, 0.4) is 0 Å². The van der Waals surface area contributed by atoms with E-state index < -0.39 is 0 Å². The van der Waals surface area contributed by atoms with Crippen molar-refractivity contribution in [3.05, 3.63) is 36.8 Å². The van der Waals surface area contributed by atoms with Gasteiger partial charge in [0.25, 0.3) is 0 Å². The summed E-state index contributed by atoms with van der Waals surface area (Å²) in [5.74, 6) is 0. The van der Waals surface area contributed by atoms with Crippen molar-refractivity contribution in [1.82, 2.24) is 0 Å². The minimum Gasteiger partial charge on any atom is -0.380 e. The highest BCUT2D eigenvalue weighted by atomic mass is 16.7. The van der Waals surface area contributed by atoms with Crippen molar-refractivity contribution in [1.29, 1.82) is 0 Å². The molecule has 0 aromatic heterocycles. The molecule has 0 aliphatic rings. The highest BCUT2D eigenvalue weighted by molar-refractivity contribution is 5.52. The monoisotopic (exact) mass is 194 g/mol. The number of ether oxygens (including phenoxy) is 2. The van der Waals surface area contributed by atoms with Gasteiger partial charge in [-0.25, -0.2) is 0 Å². The summed E-state index contributed by atoms with van der Waals surface area (Å²) >= 11 is 0. The van der Waals surface area contributed by atoms with Crippen LogP contribution in [0.5, 0.6) is 0 Å². The molecule has 3 nitrogen and oxygen atoms in total. The van der Waals surface area contributed by atoms with Crippen LogP contribution in [-0.2, 0) is 9.47 Å². The lowest BCUT2D eigenvalue weighted by molar-refractivity contribution is -0.0914. The van der Waals surface area contributed by atoms with E-state index in [1.165, 1.54) is 0 Å². The van der Waals surface area contributed by atoms with Crippen molar-refractivity contribution >= 4 is 5.69 Å². The first-order chi connectivity index (χ1) is 6.77. The zero-order chi connectivity index (χ0) is 10.4. The Morgan fingerprint density at radius 1 is 1.29 bits per heavy atom. The second kappa shape index (κ2) is 5.62. The molecule has 0 amide bonds. The van der Waals surface area contributed by atoms with Gasteiger partial charge >= 0.3 is 0 Å². The first-order valence-corrected chi connectivity index (χ1v) is 4.48. The molecular formula is C11H16NO2. The van der Waals surface area contributed by atoms with E-state index in [0.29, 0.717) is 6.54 Å². The van der Waals surface area contributed by atoms with Gasteiger partial charge in [0.05, 0.1) is 6.54 Å². The molecule has 1 radical (unpaired) electrons. The van der Waals surface area contributed by atoms with Crippen LogP contribution in [0.4, 0.5) is 5.69 Å². The molecule has 1 rings (SSSR count). The maximum atomic E-state index is 5.06. The molecule has 0 saturated carbocycles. The van der Waals surface area contributed by atoms with Gasteiger partial charge in [0.15, 0.2) is 6.29 Å². The van der Waals surface area contributed by atoms with Gasteiger partial charge in [0, 0.05) is 19.9 Å². The molecular weight excluding hydrogens is 178 g/mol. The number of para-hydroxylation sites is 1. The van der Waals surface area contributed by atoms with Gasteiger partial charge in [-0.15, -0.1) is 0 Å². The summed E-state index contributed by atoms with van der Waals surface area (Å²) in [6.07, 6.45) is -0.227. The first kappa shape index (κ1) is 11.0. The topological polar surface area (TPSA) is 30.5 Å². The molecule has 0 saturated heterocycles. The summed E-state index contributed by atoms with van der Waals surface area (Å²) in [5.41, 5.74) is 1.98. The van der Waals surface area contributed by atoms with Gasteiger partial charge in [-0.05, 0) is 18.6 Å². The molecule has 14 heavy (non-hydrogen) atoms. The zero-order valence-electron chi connectivity index (χ0n) is 8.62. The van der Waals surface area contributed by atoms with E-state index in [2.05, 4.69) is 12.2 Å². The molecule has 1 aromatic carbocycles. The number of hydrogen-bond donors (Lipinski definition) is 1. The highest BCUT2D eigenvalue weighted by Crippen LogP contribution is 2.12. The molecule has 0 unspecified atom stereocenters. The zero-order valence-corrected chi connectivity index (χ0v) is 8.62. The second-order valence-corrected chi connectivity index (χ2v) is 2.94. The molecule has 0 aliphatic heterocycles.